The lowest BCUT2D eigenvalue weighted by Gasteiger charge is -2.31. The highest BCUT2D eigenvalue weighted by Crippen LogP contribution is 2.32. The maximum absolute atomic E-state index is 13.2. The fraction of sp³-hybridized carbons (Fsp3) is 0.409. The Morgan fingerprint density at radius 3 is 2.40 bits per heavy atom. The molecule has 0 spiro atoms. The van der Waals surface area contributed by atoms with Gasteiger partial charge >= 0.3 is 6.18 Å². The molecule has 1 aliphatic heterocycles. The number of ether oxygens (including phenoxy) is 1. The van der Waals surface area contributed by atoms with E-state index >= 15 is 0 Å². The van der Waals surface area contributed by atoms with Gasteiger partial charge in [-0.3, -0.25) is 9.69 Å². The molecule has 1 saturated heterocycles. The van der Waals surface area contributed by atoms with Gasteiger partial charge in [-0.15, -0.1) is 0 Å². The van der Waals surface area contributed by atoms with Crippen LogP contribution in [-0.2, 0) is 24.1 Å². The fourth-order valence-electron chi connectivity index (χ4n) is 3.64. The number of nitrogens with zero attached hydrogens (tertiary/aromatic N) is 1. The molecule has 0 aliphatic carbocycles. The van der Waals surface area contributed by atoms with E-state index in [2.05, 4.69) is 10.2 Å². The largest absolute Gasteiger partial charge is 0.497 e. The zero-order chi connectivity index (χ0) is 21.7. The van der Waals surface area contributed by atoms with Crippen LogP contribution in [0.5, 0.6) is 5.75 Å². The quantitative estimate of drug-likeness (QED) is 0.700. The minimum Gasteiger partial charge on any atom is -0.497 e. The summed E-state index contributed by atoms with van der Waals surface area (Å²) in [6.07, 6.45) is -3.40. The first-order chi connectivity index (χ1) is 14.3. The third kappa shape index (κ3) is 5.72. The van der Waals surface area contributed by atoms with Gasteiger partial charge in [0.05, 0.1) is 12.7 Å². The third-order valence-electron chi connectivity index (χ3n) is 5.35. The van der Waals surface area contributed by atoms with Crippen molar-refractivity contribution in [2.45, 2.75) is 32.1 Å². The van der Waals surface area contributed by atoms with Crippen LogP contribution in [0.25, 0.3) is 0 Å². The zero-order valence-electron chi connectivity index (χ0n) is 16.6. The molecule has 162 valence electrons. The smallest absolute Gasteiger partial charge is 0.416 e. The van der Waals surface area contributed by atoms with Gasteiger partial charge in [-0.2, -0.15) is 13.2 Å². The number of hydrogen-bond donors (Lipinski definition) is 1. The van der Waals surface area contributed by atoms with Crippen LogP contribution in [0.15, 0.2) is 42.5 Å². The molecule has 1 heterocycles. The fourth-order valence-corrected chi connectivity index (χ4v) is 3.64. The average Bonchev–Trinajstić information content (AvgIpc) is 2.73. The van der Waals surface area contributed by atoms with Crippen LogP contribution < -0.4 is 10.1 Å². The van der Waals surface area contributed by atoms with Crippen molar-refractivity contribution in [3.05, 3.63) is 65.0 Å². The van der Waals surface area contributed by atoms with Gasteiger partial charge in [-0.1, -0.05) is 18.2 Å². The van der Waals surface area contributed by atoms with Gasteiger partial charge in [0.25, 0.3) is 0 Å². The summed E-state index contributed by atoms with van der Waals surface area (Å²) in [6.45, 7) is 1.95. The van der Waals surface area contributed by atoms with E-state index in [1.807, 2.05) is 24.3 Å². The summed E-state index contributed by atoms with van der Waals surface area (Å²) in [6, 6.07) is 10.3. The zero-order valence-corrected chi connectivity index (χ0v) is 16.6. The van der Waals surface area contributed by atoms with Crippen molar-refractivity contribution in [2.75, 3.05) is 20.2 Å². The van der Waals surface area contributed by atoms with Crippen molar-refractivity contribution < 1.29 is 27.1 Å². The first-order valence-corrected chi connectivity index (χ1v) is 9.75. The number of amides is 1. The number of benzene rings is 2. The predicted molar refractivity (Wildman–Crippen MR) is 104 cm³/mol. The lowest BCUT2D eigenvalue weighted by atomic mass is 9.95. The van der Waals surface area contributed by atoms with Gasteiger partial charge in [-0.25, -0.2) is 4.39 Å². The van der Waals surface area contributed by atoms with E-state index in [9.17, 15) is 22.4 Å². The Balaban J connectivity index is 1.50. The van der Waals surface area contributed by atoms with Gasteiger partial charge in [-0.05, 0) is 61.3 Å². The van der Waals surface area contributed by atoms with Crippen molar-refractivity contribution in [1.29, 1.82) is 0 Å². The highest BCUT2D eigenvalue weighted by Gasteiger charge is 2.34. The van der Waals surface area contributed by atoms with Gasteiger partial charge in [0, 0.05) is 19.0 Å². The highest BCUT2D eigenvalue weighted by atomic mass is 19.4. The van der Waals surface area contributed by atoms with E-state index in [0.717, 1.165) is 43.1 Å². The molecular formula is C22H24F4N2O2. The van der Waals surface area contributed by atoms with E-state index in [1.54, 1.807) is 7.11 Å². The van der Waals surface area contributed by atoms with Gasteiger partial charge in [0.2, 0.25) is 5.91 Å². The summed E-state index contributed by atoms with van der Waals surface area (Å²) in [5.41, 5.74) is -0.0546. The molecule has 8 heteroatoms. The van der Waals surface area contributed by atoms with Crippen molar-refractivity contribution in [2.24, 2.45) is 5.92 Å². The summed E-state index contributed by atoms with van der Waals surface area (Å²) in [7, 11) is 1.62. The molecule has 1 fully saturated rings. The van der Waals surface area contributed by atoms with Gasteiger partial charge < -0.3 is 10.1 Å². The van der Waals surface area contributed by atoms with Gasteiger partial charge in [0.1, 0.15) is 11.6 Å². The first kappa shape index (κ1) is 22.1. The van der Waals surface area contributed by atoms with E-state index in [1.165, 1.54) is 0 Å². The molecule has 2 aromatic rings. The maximum atomic E-state index is 13.2. The molecule has 0 aromatic heterocycles. The molecular weight excluding hydrogens is 400 g/mol. The second kappa shape index (κ2) is 9.47. The Kier molecular flexibility index (Phi) is 6.97. The summed E-state index contributed by atoms with van der Waals surface area (Å²) >= 11 is 0. The number of alkyl halides is 3. The van der Waals surface area contributed by atoms with Gasteiger partial charge in [0.15, 0.2) is 0 Å². The van der Waals surface area contributed by atoms with Crippen LogP contribution in [-0.4, -0.2) is 31.0 Å². The molecule has 30 heavy (non-hydrogen) atoms. The summed E-state index contributed by atoms with van der Waals surface area (Å²) < 4.78 is 57.6. The molecule has 0 saturated carbocycles. The minimum atomic E-state index is -4.67. The monoisotopic (exact) mass is 424 g/mol. The van der Waals surface area contributed by atoms with Crippen molar-refractivity contribution >= 4 is 5.91 Å². The normalized spacial score (nSPS) is 15.8. The first-order valence-electron chi connectivity index (χ1n) is 9.75. The number of hydrogen-bond acceptors (Lipinski definition) is 3. The molecule has 0 atom stereocenters. The van der Waals surface area contributed by atoms with E-state index in [0.29, 0.717) is 18.9 Å². The number of rotatable bonds is 6. The summed E-state index contributed by atoms with van der Waals surface area (Å²) in [5, 5.41) is 2.58. The minimum absolute atomic E-state index is 0.144. The number of likely N-dealkylation sites (tertiary alicyclic amines) is 1. The lowest BCUT2D eigenvalue weighted by Crippen LogP contribution is -2.40. The maximum Gasteiger partial charge on any atom is 0.416 e. The van der Waals surface area contributed by atoms with E-state index < -0.39 is 17.6 Å². The molecule has 2 aromatic carbocycles. The summed E-state index contributed by atoms with van der Waals surface area (Å²) in [5.74, 6) is -0.672. The molecule has 4 nitrogen and oxygen atoms in total. The Morgan fingerprint density at radius 1 is 1.13 bits per heavy atom. The Labute approximate surface area is 172 Å². The Hall–Kier alpha value is -2.61. The van der Waals surface area contributed by atoms with E-state index in [-0.39, 0.29) is 23.9 Å². The summed E-state index contributed by atoms with van der Waals surface area (Å²) in [4.78, 5) is 14.7. The average molecular weight is 424 g/mol. The van der Waals surface area contributed by atoms with Crippen LogP contribution in [0.4, 0.5) is 17.6 Å². The second-order valence-electron chi connectivity index (χ2n) is 7.42. The Bertz CT molecular complexity index is 860. The predicted octanol–water partition coefficient (Wildman–Crippen LogP) is 4.38. The van der Waals surface area contributed by atoms with Crippen LogP contribution in [0, 0.1) is 11.7 Å². The highest BCUT2D eigenvalue weighted by molar-refractivity contribution is 5.78. The van der Waals surface area contributed by atoms with Crippen molar-refractivity contribution in [3.8, 4) is 5.75 Å². The van der Waals surface area contributed by atoms with E-state index in [4.69, 9.17) is 4.74 Å². The lowest BCUT2D eigenvalue weighted by molar-refractivity contribution is -0.138. The number of halogens is 4. The molecule has 1 amide bonds. The standard InChI is InChI=1S/C22H24F4N2O2/c1-30-19-6-2-15(3-7-19)14-28-10-8-16(9-11-28)21(29)27-13-17-4-5-18(23)12-20(17)22(24,25)26/h2-7,12,16H,8-11,13-14H2,1H3,(H,27,29). The molecule has 1 N–H and O–H groups in total. The van der Waals surface area contributed by atoms with Crippen molar-refractivity contribution in [3.63, 3.8) is 0 Å². The molecule has 0 unspecified atom stereocenters. The molecule has 3 rings (SSSR count). The number of nitrogens with one attached hydrogen (secondary N) is 1. The molecule has 0 radical (unpaired) electrons. The van der Waals surface area contributed by atoms with Crippen molar-refractivity contribution in [1.82, 2.24) is 10.2 Å². The van der Waals surface area contributed by atoms with Crippen LogP contribution in [0.3, 0.4) is 0 Å². The number of methoxy groups -OCH3 is 1. The third-order valence-corrected chi connectivity index (χ3v) is 5.35. The number of carbonyl (C=O) groups excluding carboxylic acids is 1. The number of carbonyl (C=O) groups is 1. The topological polar surface area (TPSA) is 41.6 Å². The molecule has 0 bridgehead atoms. The number of piperidine rings is 1. The van der Waals surface area contributed by atoms with Crippen LogP contribution in [0.1, 0.15) is 29.5 Å². The van der Waals surface area contributed by atoms with Crippen LogP contribution in [0.2, 0.25) is 0 Å². The second-order valence-corrected chi connectivity index (χ2v) is 7.42. The molecule has 1 aliphatic rings. The van der Waals surface area contributed by atoms with Crippen LogP contribution >= 0.6 is 0 Å². The Morgan fingerprint density at radius 2 is 1.80 bits per heavy atom. The SMILES string of the molecule is COc1ccc(CN2CCC(C(=O)NCc3ccc(F)cc3C(F)(F)F)CC2)cc1.